The number of benzene rings is 2. The lowest BCUT2D eigenvalue weighted by atomic mass is 10.1. The first kappa shape index (κ1) is 17.5. The van der Waals surface area contributed by atoms with Gasteiger partial charge in [0.1, 0.15) is 5.75 Å². The van der Waals surface area contributed by atoms with E-state index in [0.29, 0.717) is 29.5 Å². The van der Waals surface area contributed by atoms with Gasteiger partial charge in [0.2, 0.25) is 0 Å². The third-order valence-corrected chi connectivity index (χ3v) is 3.23. The van der Waals surface area contributed by atoms with E-state index in [1.165, 1.54) is 0 Å². The fourth-order valence-electron chi connectivity index (χ4n) is 2.03. The Bertz CT molecular complexity index is 684. The Morgan fingerprint density at radius 2 is 1.67 bits per heavy atom. The minimum Gasteiger partial charge on any atom is -0.484 e. The van der Waals surface area contributed by atoms with E-state index in [2.05, 4.69) is 10.6 Å². The van der Waals surface area contributed by atoms with Crippen molar-refractivity contribution in [3.05, 3.63) is 60.2 Å². The summed E-state index contributed by atoms with van der Waals surface area (Å²) in [4.78, 5) is 24.3. The van der Waals surface area contributed by atoms with Crippen LogP contribution >= 0.6 is 0 Å². The minimum atomic E-state index is -0.317. The normalized spacial score (nSPS) is 10.3. The van der Waals surface area contributed by atoms with Crippen molar-refractivity contribution in [3.8, 4) is 5.75 Å². The van der Waals surface area contributed by atoms with Crippen LogP contribution in [0.3, 0.4) is 0 Å². The van der Waals surface area contributed by atoms with Gasteiger partial charge in [0.25, 0.3) is 11.8 Å². The van der Waals surface area contributed by atoms with Gasteiger partial charge in [-0.2, -0.15) is 0 Å². The second-order valence-corrected chi connectivity index (χ2v) is 5.80. The van der Waals surface area contributed by atoms with Crippen molar-refractivity contribution in [1.29, 1.82) is 0 Å². The van der Waals surface area contributed by atoms with E-state index in [0.717, 1.165) is 0 Å². The molecule has 0 aromatic heterocycles. The summed E-state index contributed by atoms with van der Waals surface area (Å²) in [5.41, 5.74) is 0.909. The van der Waals surface area contributed by atoms with Crippen LogP contribution in [0.1, 0.15) is 24.2 Å². The van der Waals surface area contributed by atoms with Crippen molar-refractivity contribution in [2.75, 3.05) is 18.5 Å². The van der Waals surface area contributed by atoms with E-state index >= 15 is 0 Å². The summed E-state index contributed by atoms with van der Waals surface area (Å²) in [6, 6.07) is 16.0. The lowest BCUT2D eigenvalue weighted by molar-refractivity contribution is -0.118. The number of amides is 2. The number of nitrogens with one attached hydrogen (secondary N) is 2. The first-order valence-electron chi connectivity index (χ1n) is 7.91. The quantitative estimate of drug-likeness (QED) is 0.821. The Morgan fingerprint density at radius 3 is 2.38 bits per heavy atom. The Labute approximate surface area is 142 Å². The third kappa shape index (κ3) is 5.43. The molecule has 0 aliphatic rings. The number of carbonyl (C=O) groups excluding carboxylic acids is 2. The Morgan fingerprint density at radius 1 is 1.00 bits per heavy atom. The molecule has 24 heavy (non-hydrogen) atoms. The molecule has 0 saturated heterocycles. The Balaban J connectivity index is 1.96. The Kier molecular flexibility index (Phi) is 6.37. The smallest absolute Gasteiger partial charge is 0.262 e. The number of ether oxygens (including phenoxy) is 1. The van der Waals surface area contributed by atoms with E-state index in [4.69, 9.17) is 4.74 Å². The molecule has 2 rings (SSSR count). The molecule has 2 aromatic rings. The largest absolute Gasteiger partial charge is 0.484 e. The molecule has 2 amide bonds. The number of hydrogen-bond donors (Lipinski definition) is 2. The van der Waals surface area contributed by atoms with Gasteiger partial charge in [-0.15, -0.1) is 0 Å². The third-order valence-electron chi connectivity index (χ3n) is 3.23. The summed E-state index contributed by atoms with van der Waals surface area (Å²) in [7, 11) is 0. The zero-order chi connectivity index (χ0) is 17.4. The van der Waals surface area contributed by atoms with Crippen LogP contribution in [0.5, 0.6) is 5.75 Å². The number of carbonyl (C=O) groups is 2. The maximum atomic E-state index is 12.2. The molecule has 0 fully saturated rings. The van der Waals surface area contributed by atoms with Crippen molar-refractivity contribution in [2.24, 2.45) is 5.92 Å². The lowest BCUT2D eigenvalue weighted by Crippen LogP contribution is -2.29. The van der Waals surface area contributed by atoms with Gasteiger partial charge in [-0.3, -0.25) is 9.59 Å². The average molecular weight is 326 g/mol. The molecule has 0 spiro atoms. The molecule has 0 saturated carbocycles. The van der Waals surface area contributed by atoms with Gasteiger partial charge in [0.05, 0.1) is 11.3 Å². The van der Waals surface area contributed by atoms with Crippen molar-refractivity contribution in [2.45, 2.75) is 13.8 Å². The minimum absolute atomic E-state index is 0.119. The SMILES string of the molecule is CC(C)CNC(=O)c1ccccc1NC(=O)COc1ccccc1. The maximum absolute atomic E-state index is 12.2. The van der Waals surface area contributed by atoms with E-state index in [9.17, 15) is 9.59 Å². The standard InChI is InChI=1S/C19H22N2O3/c1-14(2)12-20-19(23)16-10-6-7-11-17(16)21-18(22)13-24-15-8-4-3-5-9-15/h3-11,14H,12-13H2,1-2H3,(H,20,23)(H,21,22). The molecule has 0 aliphatic heterocycles. The highest BCUT2D eigenvalue weighted by molar-refractivity contribution is 6.04. The second-order valence-electron chi connectivity index (χ2n) is 5.80. The van der Waals surface area contributed by atoms with Gasteiger partial charge >= 0.3 is 0 Å². The predicted octanol–water partition coefficient (Wildman–Crippen LogP) is 3.09. The van der Waals surface area contributed by atoms with Crippen LogP contribution in [0.25, 0.3) is 0 Å². The van der Waals surface area contributed by atoms with Crippen LogP contribution < -0.4 is 15.4 Å². The number of anilines is 1. The molecule has 5 nitrogen and oxygen atoms in total. The highest BCUT2D eigenvalue weighted by Crippen LogP contribution is 2.15. The first-order chi connectivity index (χ1) is 11.6. The molecule has 0 heterocycles. The predicted molar refractivity (Wildman–Crippen MR) is 94.2 cm³/mol. The van der Waals surface area contributed by atoms with E-state index in [1.54, 1.807) is 36.4 Å². The van der Waals surface area contributed by atoms with Gasteiger partial charge in [0, 0.05) is 6.54 Å². The number of para-hydroxylation sites is 2. The van der Waals surface area contributed by atoms with E-state index in [1.807, 2.05) is 32.0 Å². The van der Waals surface area contributed by atoms with Crippen molar-refractivity contribution >= 4 is 17.5 Å². The van der Waals surface area contributed by atoms with Crippen LogP contribution in [0, 0.1) is 5.92 Å². The topological polar surface area (TPSA) is 67.4 Å². The van der Waals surface area contributed by atoms with Gasteiger partial charge < -0.3 is 15.4 Å². The molecular formula is C19H22N2O3. The highest BCUT2D eigenvalue weighted by Gasteiger charge is 2.13. The fraction of sp³-hybridized carbons (Fsp3) is 0.263. The number of hydrogen-bond acceptors (Lipinski definition) is 3. The molecule has 0 aliphatic carbocycles. The zero-order valence-corrected chi connectivity index (χ0v) is 13.9. The molecule has 126 valence electrons. The van der Waals surface area contributed by atoms with E-state index in [-0.39, 0.29) is 18.4 Å². The van der Waals surface area contributed by atoms with Gasteiger partial charge in [-0.1, -0.05) is 44.2 Å². The Hall–Kier alpha value is -2.82. The van der Waals surface area contributed by atoms with Gasteiger partial charge in [-0.05, 0) is 30.2 Å². The monoisotopic (exact) mass is 326 g/mol. The van der Waals surface area contributed by atoms with Crippen molar-refractivity contribution < 1.29 is 14.3 Å². The van der Waals surface area contributed by atoms with Crippen LogP contribution in [0.15, 0.2) is 54.6 Å². The molecule has 2 aromatic carbocycles. The summed E-state index contributed by atoms with van der Waals surface area (Å²) in [6.45, 7) is 4.51. The first-order valence-corrected chi connectivity index (χ1v) is 7.91. The number of rotatable bonds is 7. The molecule has 0 bridgehead atoms. The molecule has 5 heteroatoms. The van der Waals surface area contributed by atoms with Gasteiger partial charge in [-0.25, -0.2) is 0 Å². The second kappa shape index (κ2) is 8.72. The van der Waals surface area contributed by atoms with Crippen LogP contribution in [-0.4, -0.2) is 25.0 Å². The zero-order valence-electron chi connectivity index (χ0n) is 13.9. The molecule has 2 N–H and O–H groups in total. The summed E-state index contributed by atoms with van der Waals surface area (Å²) >= 11 is 0. The van der Waals surface area contributed by atoms with Gasteiger partial charge in [0.15, 0.2) is 6.61 Å². The summed E-state index contributed by atoms with van der Waals surface area (Å²) in [6.07, 6.45) is 0. The molecular weight excluding hydrogens is 304 g/mol. The van der Waals surface area contributed by atoms with Crippen molar-refractivity contribution in [1.82, 2.24) is 5.32 Å². The fourth-order valence-corrected chi connectivity index (χ4v) is 2.03. The van der Waals surface area contributed by atoms with Crippen molar-refractivity contribution in [3.63, 3.8) is 0 Å². The summed E-state index contributed by atoms with van der Waals surface area (Å²) < 4.78 is 5.41. The molecule has 0 radical (unpaired) electrons. The van der Waals surface area contributed by atoms with Crippen LogP contribution in [-0.2, 0) is 4.79 Å². The van der Waals surface area contributed by atoms with E-state index < -0.39 is 0 Å². The summed E-state index contributed by atoms with van der Waals surface area (Å²) in [5.74, 6) is 0.456. The summed E-state index contributed by atoms with van der Waals surface area (Å²) in [5, 5.41) is 5.57. The average Bonchev–Trinajstić information content (AvgIpc) is 2.59. The highest BCUT2D eigenvalue weighted by atomic mass is 16.5. The van der Waals surface area contributed by atoms with Crippen LogP contribution in [0.4, 0.5) is 5.69 Å². The molecule has 0 atom stereocenters. The lowest BCUT2D eigenvalue weighted by Gasteiger charge is -2.13. The van der Waals surface area contributed by atoms with Crippen LogP contribution in [0.2, 0.25) is 0 Å². The maximum Gasteiger partial charge on any atom is 0.262 e. The molecule has 0 unspecified atom stereocenters.